The van der Waals surface area contributed by atoms with Gasteiger partial charge < -0.3 is 14.8 Å². The summed E-state index contributed by atoms with van der Waals surface area (Å²) in [6.07, 6.45) is 0.946. The third-order valence-electron chi connectivity index (χ3n) is 5.16. The van der Waals surface area contributed by atoms with E-state index < -0.39 is 0 Å². The van der Waals surface area contributed by atoms with Crippen LogP contribution in [-0.2, 0) is 13.2 Å². The fourth-order valence-corrected chi connectivity index (χ4v) is 4.83. The molecule has 0 saturated heterocycles. The van der Waals surface area contributed by atoms with E-state index in [0.717, 1.165) is 40.7 Å². The van der Waals surface area contributed by atoms with Crippen LogP contribution in [0.15, 0.2) is 65.8 Å². The Morgan fingerprint density at radius 1 is 0.944 bits per heavy atom. The van der Waals surface area contributed by atoms with Crippen LogP contribution in [0.1, 0.15) is 17.5 Å². The maximum atomic E-state index is 6.52. The molecule has 7 nitrogen and oxygen atoms in total. The van der Waals surface area contributed by atoms with Crippen LogP contribution >= 0.6 is 46.6 Å². The fourth-order valence-electron chi connectivity index (χ4n) is 3.39. The molecule has 0 aliphatic heterocycles. The molecule has 36 heavy (non-hydrogen) atoms. The van der Waals surface area contributed by atoms with Crippen molar-refractivity contribution in [1.82, 2.24) is 25.5 Å². The van der Waals surface area contributed by atoms with E-state index >= 15 is 0 Å². The molecule has 3 aromatic carbocycles. The SMILES string of the molecule is COc1cc(CNCCCSc2nnnn2-c2ccccc2)cc(Cl)c1OCc1ccc(Cl)c(Cl)c1. The van der Waals surface area contributed by atoms with Gasteiger partial charge in [0.25, 0.3) is 0 Å². The molecule has 188 valence electrons. The second-order valence-electron chi connectivity index (χ2n) is 7.73. The van der Waals surface area contributed by atoms with Crippen molar-refractivity contribution in [2.75, 3.05) is 19.4 Å². The molecule has 1 N–H and O–H groups in total. The highest BCUT2D eigenvalue weighted by molar-refractivity contribution is 7.99. The largest absolute Gasteiger partial charge is 0.493 e. The standard InChI is InChI=1S/C25H24Cl3N5O2S/c1-34-23-14-18(13-22(28)24(23)35-16-17-8-9-20(26)21(27)12-17)15-29-10-5-11-36-25-30-31-32-33(25)19-6-3-2-4-7-19/h2-4,6-9,12-14,29H,5,10-11,15-16H2,1H3. The summed E-state index contributed by atoms with van der Waals surface area (Å²) in [5.74, 6) is 1.94. The van der Waals surface area contributed by atoms with Gasteiger partial charge >= 0.3 is 0 Å². The molecule has 0 amide bonds. The monoisotopic (exact) mass is 563 g/mol. The summed E-state index contributed by atoms with van der Waals surface area (Å²) >= 11 is 20.2. The van der Waals surface area contributed by atoms with Gasteiger partial charge in [0.2, 0.25) is 5.16 Å². The summed E-state index contributed by atoms with van der Waals surface area (Å²) in [5, 5.41) is 17.7. The van der Waals surface area contributed by atoms with Gasteiger partial charge in [0, 0.05) is 12.3 Å². The first-order valence-corrected chi connectivity index (χ1v) is 13.3. The smallest absolute Gasteiger partial charge is 0.214 e. The van der Waals surface area contributed by atoms with E-state index in [1.54, 1.807) is 35.7 Å². The van der Waals surface area contributed by atoms with Crippen LogP contribution < -0.4 is 14.8 Å². The first kappa shape index (κ1) is 26.6. The lowest BCUT2D eigenvalue weighted by Crippen LogP contribution is -2.15. The van der Waals surface area contributed by atoms with Crippen molar-refractivity contribution in [3.63, 3.8) is 0 Å². The van der Waals surface area contributed by atoms with Crippen LogP contribution in [0.4, 0.5) is 0 Å². The van der Waals surface area contributed by atoms with Gasteiger partial charge in [-0.25, -0.2) is 0 Å². The molecule has 0 unspecified atom stereocenters. The van der Waals surface area contributed by atoms with Crippen molar-refractivity contribution in [3.8, 4) is 17.2 Å². The number of halogens is 3. The zero-order valence-corrected chi connectivity index (χ0v) is 22.5. The zero-order chi connectivity index (χ0) is 25.3. The molecule has 1 heterocycles. The lowest BCUT2D eigenvalue weighted by Gasteiger charge is -2.15. The fraction of sp³-hybridized carbons (Fsp3) is 0.240. The second-order valence-corrected chi connectivity index (χ2v) is 10.0. The van der Waals surface area contributed by atoms with Gasteiger partial charge in [0.05, 0.1) is 27.9 Å². The Hall–Kier alpha value is -2.49. The lowest BCUT2D eigenvalue weighted by molar-refractivity contribution is 0.284. The first-order valence-electron chi connectivity index (χ1n) is 11.2. The number of nitrogens with one attached hydrogen (secondary N) is 1. The summed E-state index contributed by atoms with van der Waals surface area (Å²) < 4.78 is 13.2. The maximum absolute atomic E-state index is 6.52. The van der Waals surface area contributed by atoms with E-state index in [4.69, 9.17) is 44.3 Å². The number of para-hydroxylation sites is 1. The molecular weight excluding hydrogens is 541 g/mol. The minimum Gasteiger partial charge on any atom is -0.493 e. The number of ether oxygens (including phenoxy) is 2. The van der Waals surface area contributed by atoms with Crippen LogP contribution in [0.2, 0.25) is 15.1 Å². The first-order chi connectivity index (χ1) is 17.5. The minimum absolute atomic E-state index is 0.287. The minimum atomic E-state index is 0.287. The van der Waals surface area contributed by atoms with Gasteiger partial charge in [0.1, 0.15) is 6.61 Å². The topological polar surface area (TPSA) is 74.1 Å². The van der Waals surface area contributed by atoms with Gasteiger partial charge in [0.15, 0.2) is 11.5 Å². The number of thioether (sulfide) groups is 1. The van der Waals surface area contributed by atoms with Gasteiger partial charge in [-0.15, -0.1) is 5.10 Å². The van der Waals surface area contributed by atoms with Crippen molar-refractivity contribution < 1.29 is 9.47 Å². The Kier molecular flexibility index (Phi) is 9.72. The van der Waals surface area contributed by atoms with Crippen LogP contribution in [0.3, 0.4) is 0 Å². The summed E-state index contributed by atoms with van der Waals surface area (Å²) in [6, 6.07) is 19.0. The molecule has 0 saturated carbocycles. The number of hydrogen-bond acceptors (Lipinski definition) is 7. The zero-order valence-electron chi connectivity index (χ0n) is 19.5. The molecule has 0 bridgehead atoms. The Bertz CT molecular complexity index is 1290. The lowest BCUT2D eigenvalue weighted by atomic mass is 10.2. The molecule has 1 aromatic heterocycles. The van der Waals surface area contributed by atoms with Crippen molar-refractivity contribution in [2.24, 2.45) is 0 Å². The number of aromatic nitrogens is 4. The van der Waals surface area contributed by atoms with Crippen LogP contribution in [0, 0.1) is 0 Å². The molecule has 0 radical (unpaired) electrons. The molecule has 11 heteroatoms. The number of methoxy groups -OCH3 is 1. The average molecular weight is 565 g/mol. The number of hydrogen-bond donors (Lipinski definition) is 1. The summed E-state index contributed by atoms with van der Waals surface area (Å²) in [6.45, 7) is 1.76. The van der Waals surface area contributed by atoms with Crippen molar-refractivity contribution in [3.05, 3.63) is 86.9 Å². The predicted molar refractivity (Wildman–Crippen MR) is 145 cm³/mol. The summed E-state index contributed by atoms with van der Waals surface area (Å²) in [4.78, 5) is 0. The molecule has 0 atom stereocenters. The Labute approximate surface area is 229 Å². The van der Waals surface area contributed by atoms with Gasteiger partial charge in [-0.2, -0.15) is 4.68 Å². The van der Waals surface area contributed by atoms with E-state index in [9.17, 15) is 0 Å². The number of benzene rings is 3. The van der Waals surface area contributed by atoms with E-state index in [-0.39, 0.29) is 6.61 Å². The highest BCUT2D eigenvalue weighted by atomic mass is 35.5. The predicted octanol–water partition coefficient (Wildman–Crippen LogP) is 6.48. The van der Waals surface area contributed by atoms with Gasteiger partial charge in [-0.05, 0) is 70.9 Å². The van der Waals surface area contributed by atoms with Crippen molar-refractivity contribution >= 4 is 46.6 Å². The normalized spacial score (nSPS) is 11.0. The van der Waals surface area contributed by atoms with Gasteiger partial charge in [-0.3, -0.25) is 0 Å². The van der Waals surface area contributed by atoms with Crippen molar-refractivity contribution in [1.29, 1.82) is 0 Å². The molecular formula is C25H24Cl3N5O2S. The Morgan fingerprint density at radius 3 is 2.53 bits per heavy atom. The second kappa shape index (κ2) is 13.2. The third-order valence-corrected chi connectivity index (χ3v) is 7.18. The quantitative estimate of drug-likeness (QED) is 0.156. The average Bonchev–Trinajstić information content (AvgIpc) is 3.36. The molecule has 4 aromatic rings. The highest BCUT2D eigenvalue weighted by Gasteiger charge is 2.13. The molecule has 0 fully saturated rings. The van der Waals surface area contributed by atoms with Crippen LogP contribution in [0.25, 0.3) is 5.69 Å². The number of tetrazole rings is 1. The summed E-state index contributed by atoms with van der Waals surface area (Å²) in [7, 11) is 1.59. The van der Waals surface area contributed by atoms with Crippen molar-refractivity contribution in [2.45, 2.75) is 24.7 Å². The summed E-state index contributed by atoms with van der Waals surface area (Å²) in [5.41, 5.74) is 2.82. The third kappa shape index (κ3) is 7.05. The molecule has 0 aliphatic carbocycles. The van der Waals surface area contributed by atoms with E-state index in [1.807, 2.05) is 48.5 Å². The molecule has 4 rings (SSSR count). The number of nitrogens with zero attached hydrogens (tertiary/aromatic N) is 4. The van der Waals surface area contributed by atoms with E-state index in [1.165, 1.54) is 0 Å². The van der Waals surface area contributed by atoms with Crippen LogP contribution in [0.5, 0.6) is 11.5 Å². The van der Waals surface area contributed by atoms with Crippen LogP contribution in [-0.4, -0.2) is 39.6 Å². The molecule has 0 aliphatic rings. The van der Waals surface area contributed by atoms with E-state index in [0.29, 0.717) is 33.1 Å². The van der Waals surface area contributed by atoms with E-state index in [2.05, 4.69) is 20.8 Å². The molecule has 0 spiro atoms. The Balaban J connectivity index is 1.25. The maximum Gasteiger partial charge on any atom is 0.214 e. The highest BCUT2D eigenvalue weighted by Crippen LogP contribution is 2.37. The van der Waals surface area contributed by atoms with Gasteiger partial charge in [-0.1, -0.05) is 70.8 Å². The Morgan fingerprint density at radius 2 is 1.75 bits per heavy atom. The number of rotatable bonds is 12.